The van der Waals surface area contributed by atoms with Crippen LogP contribution in [0.4, 0.5) is 19.8 Å². The van der Waals surface area contributed by atoms with Crippen molar-refractivity contribution in [1.82, 2.24) is 30.1 Å². The van der Waals surface area contributed by atoms with Crippen molar-refractivity contribution < 1.29 is 28.2 Å². The summed E-state index contributed by atoms with van der Waals surface area (Å²) in [4.78, 5) is 45.8. The van der Waals surface area contributed by atoms with Gasteiger partial charge in [-0.3, -0.25) is 14.8 Å². The monoisotopic (exact) mass is 745 g/mol. The average molecular weight is 746 g/mol. The Kier molecular flexibility index (Phi) is 9.21. The van der Waals surface area contributed by atoms with E-state index >= 15 is 4.39 Å². The molecule has 53 heavy (non-hydrogen) atoms. The van der Waals surface area contributed by atoms with Gasteiger partial charge in [0, 0.05) is 48.3 Å². The third kappa shape index (κ3) is 6.56. The number of piperazine rings is 1. The normalized spacial score (nSPS) is 24.2. The Hall–Kier alpha value is -4.49. The maximum absolute atomic E-state index is 17.0. The Morgan fingerprint density at radius 1 is 1.06 bits per heavy atom. The number of nitrogens with one attached hydrogen (secondary N) is 1. The fourth-order valence-electron chi connectivity index (χ4n) is 8.93. The number of carbonyl (C=O) groups is 2. The zero-order valence-corrected chi connectivity index (χ0v) is 31.3. The summed E-state index contributed by atoms with van der Waals surface area (Å²) in [5.74, 6) is -0.0737. The van der Waals surface area contributed by atoms with Crippen molar-refractivity contribution in [2.24, 2.45) is 0 Å². The molecule has 2 aromatic carbocycles. The Morgan fingerprint density at radius 3 is 2.55 bits per heavy atom. The SMILES string of the molecule is CNC(=O)OCC1CCC2(COc3nc(N4CC5CCC(C4)N5C(=O)OC(C)(C)C)c4cnc(-c5cccc6cccc(Cl)c56)c(F)c4n3)CCCN12. The third-order valence-electron chi connectivity index (χ3n) is 11.3. The van der Waals surface area contributed by atoms with E-state index in [4.69, 9.17) is 35.8 Å². The minimum absolute atomic E-state index is 0.0766. The van der Waals surface area contributed by atoms with Crippen LogP contribution >= 0.6 is 11.6 Å². The second-order valence-electron chi connectivity index (χ2n) is 15.7. The zero-order chi connectivity index (χ0) is 37.1. The molecule has 2 amide bonds. The van der Waals surface area contributed by atoms with Gasteiger partial charge in [-0.25, -0.2) is 14.0 Å². The molecule has 0 saturated carbocycles. The number of alkyl carbamates (subject to hydrolysis) is 1. The first kappa shape index (κ1) is 35.5. The van der Waals surface area contributed by atoms with Crippen LogP contribution in [0.5, 0.6) is 6.01 Å². The Bertz CT molecular complexity index is 2060. The number of fused-ring (bicyclic) bond motifs is 5. The minimum atomic E-state index is -0.608. The summed E-state index contributed by atoms with van der Waals surface area (Å²) in [6.45, 7) is 8.08. The van der Waals surface area contributed by atoms with Crippen LogP contribution in [-0.2, 0) is 9.47 Å². The van der Waals surface area contributed by atoms with Crippen molar-refractivity contribution in [2.45, 2.75) is 88.6 Å². The molecule has 4 saturated heterocycles. The van der Waals surface area contributed by atoms with Crippen molar-refractivity contribution in [1.29, 1.82) is 0 Å². The van der Waals surface area contributed by atoms with E-state index in [1.165, 1.54) is 0 Å². The van der Waals surface area contributed by atoms with Crippen LogP contribution in [0.1, 0.15) is 59.3 Å². The minimum Gasteiger partial charge on any atom is -0.461 e. The molecule has 4 aromatic rings. The lowest BCUT2D eigenvalue weighted by Gasteiger charge is -2.42. The van der Waals surface area contributed by atoms with E-state index < -0.39 is 17.5 Å². The van der Waals surface area contributed by atoms with Crippen molar-refractivity contribution in [2.75, 3.05) is 44.8 Å². The molecule has 6 heterocycles. The molecule has 2 aromatic heterocycles. The van der Waals surface area contributed by atoms with Crippen molar-refractivity contribution in [3.8, 4) is 17.3 Å². The van der Waals surface area contributed by atoms with E-state index in [0.717, 1.165) is 50.5 Å². The molecule has 12 nitrogen and oxygen atoms in total. The molecule has 4 fully saturated rings. The fraction of sp³-hybridized carbons (Fsp3) is 0.513. The van der Waals surface area contributed by atoms with Crippen LogP contribution in [0.2, 0.25) is 5.02 Å². The number of benzene rings is 2. The van der Waals surface area contributed by atoms with Gasteiger partial charge in [0.1, 0.15) is 35.8 Å². The standard InChI is InChI=1S/C39H45ClFN7O5/c1-38(2,3)53-37(50)48-24-12-13-25(48)20-46(19-24)34-28-18-43-32(27-10-5-8-23-9-6-11-29(40)30(23)27)31(41)33(28)44-35(45-34)52-22-39-15-7-17-47(39)26(14-16-39)21-51-36(49)42-4/h5-6,8-11,18,24-26H,7,12-17,19-22H2,1-4H3,(H,42,49). The lowest BCUT2D eigenvalue weighted by atomic mass is 9.95. The highest BCUT2D eigenvalue weighted by atomic mass is 35.5. The number of rotatable bonds is 7. The highest BCUT2D eigenvalue weighted by molar-refractivity contribution is 6.36. The molecule has 4 aliphatic rings. The van der Waals surface area contributed by atoms with Crippen LogP contribution in [0, 0.1) is 5.82 Å². The molecule has 0 spiro atoms. The molecule has 14 heteroatoms. The first-order valence-electron chi connectivity index (χ1n) is 18.5. The van der Waals surface area contributed by atoms with Gasteiger partial charge in [0.25, 0.3) is 0 Å². The van der Waals surface area contributed by atoms with Gasteiger partial charge in [0.05, 0.1) is 23.0 Å². The summed E-state index contributed by atoms with van der Waals surface area (Å²) in [6.07, 6.45) is 6.18. The largest absolute Gasteiger partial charge is 0.461 e. The Labute approximate surface area is 312 Å². The highest BCUT2D eigenvalue weighted by Gasteiger charge is 2.50. The molecule has 8 rings (SSSR count). The van der Waals surface area contributed by atoms with E-state index in [-0.39, 0.29) is 47.0 Å². The van der Waals surface area contributed by atoms with E-state index in [1.807, 2.05) is 56.0 Å². The average Bonchev–Trinajstić information content (AvgIpc) is 3.78. The zero-order valence-electron chi connectivity index (χ0n) is 30.5. The van der Waals surface area contributed by atoms with Gasteiger partial charge in [-0.1, -0.05) is 41.9 Å². The lowest BCUT2D eigenvalue weighted by Crippen LogP contribution is -2.57. The van der Waals surface area contributed by atoms with Gasteiger partial charge >= 0.3 is 18.2 Å². The van der Waals surface area contributed by atoms with Crippen molar-refractivity contribution >= 4 is 51.3 Å². The molecular formula is C39H45ClFN7O5. The molecule has 2 bridgehead atoms. The van der Waals surface area contributed by atoms with Gasteiger partial charge in [-0.05, 0) is 77.3 Å². The summed E-state index contributed by atoms with van der Waals surface area (Å²) < 4.78 is 34.7. The summed E-state index contributed by atoms with van der Waals surface area (Å²) in [7, 11) is 1.55. The first-order chi connectivity index (χ1) is 25.4. The van der Waals surface area contributed by atoms with Gasteiger partial charge < -0.3 is 24.4 Å². The van der Waals surface area contributed by atoms with Gasteiger partial charge in [0.15, 0.2) is 5.82 Å². The van der Waals surface area contributed by atoms with Gasteiger partial charge in [0.2, 0.25) is 0 Å². The van der Waals surface area contributed by atoms with Crippen LogP contribution in [0.15, 0.2) is 42.6 Å². The summed E-state index contributed by atoms with van der Waals surface area (Å²) in [5.41, 5.74) is -0.0738. The second kappa shape index (κ2) is 13.7. The first-order valence-corrected chi connectivity index (χ1v) is 18.9. The summed E-state index contributed by atoms with van der Waals surface area (Å²) in [6, 6.07) is 11.2. The number of aromatic nitrogens is 3. The van der Waals surface area contributed by atoms with Crippen molar-refractivity contribution in [3.05, 3.63) is 53.4 Å². The summed E-state index contributed by atoms with van der Waals surface area (Å²) in [5, 5.41) is 5.06. The highest BCUT2D eigenvalue weighted by Crippen LogP contribution is 2.44. The number of halogens is 2. The number of amides is 2. The van der Waals surface area contributed by atoms with Gasteiger partial charge in [-0.15, -0.1) is 0 Å². The maximum atomic E-state index is 17.0. The van der Waals surface area contributed by atoms with E-state index in [2.05, 4.69) is 20.1 Å². The number of pyridine rings is 1. The Morgan fingerprint density at radius 2 is 1.81 bits per heavy atom. The number of hydrogen-bond donors (Lipinski definition) is 1. The van der Waals surface area contributed by atoms with Crippen LogP contribution in [-0.4, -0.2) is 106 Å². The predicted molar refractivity (Wildman–Crippen MR) is 200 cm³/mol. The smallest absolute Gasteiger partial charge is 0.410 e. The van der Waals surface area contributed by atoms with Crippen LogP contribution in [0.3, 0.4) is 0 Å². The van der Waals surface area contributed by atoms with Crippen LogP contribution < -0.4 is 15.0 Å². The Balaban J connectivity index is 1.16. The molecule has 4 unspecified atom stereocenters. The molecule has 280 valence electrons. The molecule has 0 aliphatic carbocycles. The second-order valence-corrected chi connectivity index (χ2v) is 16.1. The van der Waals surface area contributed by atoms with E-state index in [9.17, 15) is 9.59 Å². The predicted octanol–water partition coefficient (Wildman–Crippen LogP) is 6.96. The van der Waals surface area contributed by atoms with Gasteiger partial charge in [-0.2, -0.15) is 9.97 Å². The third-order valence-corrected chi connectivity index (χ3v) is 11.6. The lowest BCUT2D eigenvalue weighted by molar-refractivity contribution is 0.0122. The number of anilines is 1. The molecular weight excluding hydrogens is 701 g/mol. The van der Waals surface area contributed by atoms with E-state index in [1.54, 1.807) is 19.3 Å². The molecule has 1 N–H and O–H groups in total. The molecule has 4 atom stereocenters. The number of nitrogens with zero attached hydrogens (tertiary/aromatic N) is 6. The quantitative estimate of drug-likeness (QED) is 0.213. The fourth-order valence-corrected chi connectivity index (χ4v) is 9.21. The number of ether oxygens (including phenoxy) is 3. The molecule has 0 radical (unpaired) electrons. The van der Waals surface area contributed by atoms with Crippen LogP contribution in [0.25, 0.3) is 32.9 Å². The van der Waals surface area contributed by atoms with Crippen molar-refractivity contribution in [3.63, 3.8) is 0 Å². The summed E-state index contributed by atoms with van der Waals surface area (Å²) >= 11 is 6.67. The van der Waals surface area contributed by atoms with E-state index in [0.29, 0.717) is 53.5 Å². The topological polar surface area (TPSA) is 122 Å². The number of carbonyl (C=O) groups excluding carboxylic acids is 2. The molecule has 4 aliphatic heterocycles. The number of hydrogen-bond acceptors (Lipinski definition) is 10. The maximum Gasteiger partial charge on any atom is 0.410 e.